The molecule has 0 saturated heterocycles. The Morgan fingerprint density at radius 2 is 1.55 bits per heavy atom. The Morgan fingerprint density at radius 3 is 1.95 bits per heavy atom. The Hall–Kier alpha value is -1.84. The van der Waals surface area contributed by atoms with Crippen LogP contribution >= 0.6 is 0 Å². The Kier molecular flexibility index (Phi) is 4.58. The molecule has 1 rings (SSSR count). The number of rotatable bonds is 4. The minimum atomic E-state index is -1.00. The minimum absolute atomic E-state index is 0.182. The van der Waals surface area contributed by atoms with E-state index in [-0.39, 0.29) is 12.5 Å². The van der Waals surface area contributed by atoms with Gasteiger partial charge in [0.1, 0.15) is 6.54 Å². The van der Waals surface area contributed by atoms with Crippen LogP contribution in [0.25, 0.3) is 0 Å². The van der Waals surface area contributed by atoms with Gasteiger partial charge in [-0.15, -0.1) is 0 Å². The highest BCUT2D eigenvalue weighted by Crippen LogP contribution is 2.28. The first-order valence-corrected chi connectivity index (χ1v) is 6.66. The molecule has 0 saturated carbocycles. The number of carboxylic acid groups (broad SMARTS) is 1. The van der Waals surface area contributed by atoms with Gasteiger partial charge in [-0.3, -0.25) is 9.59 Å². The van der Waals surface area contributed by atoms with Gasteiger partial charge in [0.2, 0.25) is 5.91 Å². The van der Waals surface area contributed by atoms with Crippen LogP contribution in [0, 0.1) is 0 Å². The summed E-state index contributed by atoms with van der Waals surface area (Å²) in [6, 6.07) is 9.42. The van der Waals surface area contributed by atoms with Crippen molar-refractivity contribution in [2.75, 3.05) is 6.54 Å². The highest BCUT2D eigenvalue weighted by Gasteiger charge is 2.38. The molecular formula is C16H23NO3. The topological polar surface area (TPSA) is 57.6 Å². The molecule has 0 aromatic heterocycles. The number of hydrogen-bond donors (Lipinski definition) is 1. The molecule has 0 fully saturated rings. The smallest absolute Gasteiger partial charge is 0.323 e. The van der Waals surface area contributed by atoms with E-state index in [1.54, 1.807) is 0 Å². The van der Waals surface area contributed by atoms with Crippen LogP contribution in [0.4, 0.5) is 0 Å². The van der Waals surface area contributed by atoms with Gasteiger partial charge in [-0.05, 0) is 40.2 Å². The van der Waals surface area contributed by atoms with E-state index in [0.29, 0.717) is 0 Å². The molecule has 0 spiro atoms. The monoisotopic (exact) mass is 277 g/mol. The molecule has 4 heteroatoms. The van der Waals surface area contributed by atoms with Crippen LogP contribution in [-0.2, 0) is 15.0 Å². The second-order valence-corrected chi connectivity index (χ2v) is 6.45. The van der Waals surface area contributed by atoms with Gasteiger partial charge >= 0.3 is 5.97 Å². The van der Waals surface area contributed by atoms with Crippen LogP contribution in [0.15, 0.2) is 30.3 Å². The van der Waals surface area contributed by atoms with Crippen molar-refractivity contribution in [2.24, 2.45) is 0 Å². The van der Waals surface area contributed by atoms with E-state index in [4.69, 9.17) is 5.11 Å². The maximum Gasteiger partial charge on any atom is 0.323 e. The maximum atomic E-state index is 12.8. The van der Waals surface area contributed by atoms with Gasteiger partial charge in [-0.2, -0.15) is 0 Å². The van der Waals surface area contributed by atoms with Crippen LogP contribution in [-0.4, -0.2) is 34.0 Å². The molecule has 0 unspecified atom stereocenters. The van der Waals surface area contributed by atoms with Crippen molar-refractivity contribution in [1.82, 2.24) is 4.90 Å². The summed E-state index contributed by atoms with van der Waals surface area (Å²) in [5.41, 5.74) is -0.421. The second-order valence-electron chi connectivity index (χ2n) is 6.45. The molecule has 1 aromatic rings. The van der Waals surface area contributed by atoms with Gasteiger partial charge in [0.25, 0.3) is 0 Å². The zero-order chi connectivity index (χ0) is 15.6. The molecule has 0 atom stereocenters. The van der Waals surface area contributed by atoms with Gasteiger partial charge < -0.3 is 10.0 Å². The van der Waals surface area contributed by atoms with E-state index in [2.05, 4.69) is 0 Å². The van der Waals surface area contributed by atoms with E-state index >= 15 is 0 Å². The highest BCUT2D eigenvalue weighted by molar-refractivity contribution is 5.90. The lowest BCUT2D eigenvalue weighted by atomic mass is 9.82. The van der Waals surface area contributed by atoms with E-state index in [9.17, 15) is 9.59 Å². The van der Waals surface area contributed by atoms with Crippen LogP contribution < -0.4 is 0 Å². The first-order chi connectivity index (χ1) is 9.06. The molecule has 1 amide bonds. The summed E-state index contributed by atoms with van der Waals surface area (Å²) in [6.45, 7) is 8.88. The maximum absolute atomic E-state index is 12.8. The summed E-state index contributed by atoms with van der Waals surface area (Å²) in [7, 11) is 0. The molecule has 110 valence electrons. The highest BCUT2D eigenvalue weighted by atomic mass is 16.4. The van der Waals surface area contributed by atoms with Gasteiger partial charge in [0.15, 0.2) is 0 Å². The summed E-state index contributed by atoms with van der Waals surface area (Å²) < 4.78 is 0. The Labute approximate surface area is 120 Å². The second kappa shape index (κ2) is 5.65. The fraction of sp³-hybridized carbons (Fsp3) is 0.500. The molecule has 20 heavy (non-hydrogen) atoms. The number of carbonyl (C=O) groups is 2. The molecule has 0 aliphatic rings. The number of hydrogen-bond acceptors (Lipinski definition) is 2. The normalized spacial score (nSPS) is 12.1. The first kappa shape index (κ1) is 16.2. The first-order valence-electron chi connectivity index (χ1n) is 6.66. The summed E-state index contributed by atoms with van der Waals surface area (Å²) in [5.74, 6) is -1.18. The van der Waals surface area contributed by atoms with Crippen molar-refractivity contribution in [3.8, 4) is 0 Å². The van der Waals surface area contributed by atoms with Crippen LogP contribution in [0.2, 0.25) is 0 Å². The van der Waals surface area contributed by atoms with E-state index < -0.39 is 16.9 Å². The number of aliphatic carboxylic acids is 1. The molecule has 0 aliphatic heterocycles. The molecule has 0 bridgehead atoms. The average molecular weight is 277 g/mol. The number of amides is 1. The number of nitrogens with zero attached hydrogens (tertiary/aromatic N) is 1. The molecular weight excluding hydrogens is 254 g/mol. The summed E-state index contributed by atoms with van der Waals surface area (Å²) in [4.78, 5) is 25.3. The van der Waals surface area contributed by atoms with E-state index in [1.165, 1.54) is 4.90 Å². The number of benzene rings is 1. The lowest BCUT2D eigenvalue weighted by Gasteiger charge is -2.39. The van der Waals surface area contributed by atoms with Crippen molar-refractivity contribution in [1.29, 1.82) is 0 Å². The predicted molar refractivity (Wildman–Crippen MR) is 78.6 cm³/mol. The molecule has 0 aliphatic carbocycles. The number of carboxylic acids is 1. The quantitative estimate of drug-likeness (QED) is 0.920. The standard InChI is InChI=1S/C16H23NO3/c1-15(2,3)17(11-13(18)19)14(20)16(4,5)12-9-7-6-8-10-12/h6-10H,11H2,1-5H3,(H,18,19). The number of carbonyl (C=O) groups excluding carboxylic acids is 1. The van der Waals surface area contributed by atoms with Gasteiger partial charge in [0.05, 0.1) is 5.41 Å². The van der Waals surface area contributed by atoms with Crippen molar-refractivity contribution < 1.29 is 14.7 Å². The van der Waals surface area contributed by atoms with E-state index in [1.807, 2.05) is 65.0 Å². The third kappa shape index (κ3) is 3.59. The van der Waals surface area contributed by atoms with Crippen LogP contribution in [0.5, 0.6) is 0 Å². The SMILES string of the molecule is CC(C)(C(=O)N(CC(=O)O)C(C)(C)C)c1ccccc1. The van der Waals surface area contributed by atoms with Crippen LogP contribution in [0.1, 0.15) is 40.2 Å². The van der Waals surface area contributed by atoms with Crippen molar-refractivity contribution in [3.63, 3.8) is 0 Å². The van der Waals surface area contributed by atoms with E-state index in [0.717, 1.165) is 5.56 Å². The van der Waals surface area contributed by atoms with Gasteiger partial charge in [-0.25, -0.2) is 0 Å². The molecule has 1 aromatic carbocycles. The van der Waals surface area contributed by atoms with Crippen molar-refractivity contribution >= 4 is 11.9 Å². The van der Waals surface area contributed by atoms with Gasteiger partial charge in [0, 0.05) is 5.54 Å². The average Bonchev–Trinajstić information content (AvgIpc) is 2.34. The Morgan fingerprint density at radius 1 is 1.05 bits per heavy atom. The lowest BCUT2D eigenvalue weighted by molar-refractivity contribution is -0.151. The Balaban J connectivity index is 3.15. The summed E-state index contributed by atoms with van der Waals surface area (Å²) >= 11 is 0. The molecule has 4 nitrogen and oxygen atoms in total. The molecule has 0 heterocycles. The predicted octanol–water partition coefficient (Wildman–Crippen LogP) is 2.68. The third-order valence-corrected chi connectivity index (χ3v) is 3.38. The fourth-order valence-corrected chi connectivity index (χ4v) is 2.06. The third-order valence-electron chi connectivity index (χ3n) is 3.38. The molecule has 0 radical (unpaired) electrons. The van der Waals surface area contributed by atoms with Crippen LogP contribution in [0.3, 0.4) is 0 Å². The van der Waals surface area contributed by atoms with Crippen molar-refractivity contribution in [3.05, 3.63) is 35.9 Å². The zero-order valence-corrected chi connectivity index (χ0v) is 12.8. The molecule has 1 N–H and O–H groups in total. The zero-order valence-electron chi connectivity index (χ0n) is 12.8. The lowest BCUT2D eigenvalue weighted by Crippen LogP contribution is -2.54. The largest absolute Gasteiger partial charge is 0.480 e. The minimum Gasteiger partial charge on any atom is -0.480 e. The van der Waals surface area contributed by atoms with Crippen molar-refractivity contribution in [2.45, 2.75) is 45.6 Å². The fourth-order valence-electron chi connectivity index (χ4n) is 2.06. The summed E-state index contributed by atoms with van der Waals surface area (Å²) in [5, 5.41) is 9.04. The summed E-state index contributed by atoms with van der Waals surface area (Å²) in [6.07, 6.45) is 0. The van der Waals surface area contributed by atoms with Gasteiger partial charge in [-0.1, -0.05) is 30.3 Å². The Bertz CT molecular complexity index is 486.